The number of fused-ring (bicyclic) bond motifs is 5. The van der Waals surface area contributed by atoms with E-state index in [4.69, 9.17) is 14.9 Å². The van der Waals surface area contributed by atoms with Gasteiger partial charge in [0, 0.05) is 13.1 Å². The van der Waals surface area contributed by atoms with Gasteiger partial charge in [-0.05, 0) is 55.9 Å². The SMILES string of the molecule is Nc1cc(C(F)(F)F)c2nc1-c1nnc(o1)C(O)(C(F)(F)F)CCCCCN(Cc1cccc(OCC3(C(F)(F)F)CC3)c1)C2=O. The summed E-state index contributed by atoms with van der Waals surface area (Å²) in [5.41, 5.74) is -3.69. The van der Waals surface area contributed by atoms with E-state index in [0.717, 1.165) is 4.90 Å². The van der Waals surface area contributed by atoms with Gasteiger partial charge in [-0.25, -0.2) is 4.98 Å². The van der Waals surface area contributed by atoms with Crippen molar-refractivity contribution in [3.63, 3.8) is 0 Å². The molecule has 3 heterocycles. The van der Waals surface area contributed by atoms with Crippen LogP contribution in [-0.4, -0.2) is 56.6 Å². The van der Waals surface area contributed by atoms with E-state index in [1.807, 2.05) is 0 Å². The maximum Gasteiger partial charge on any atom is 0.426 e. The van der Waals surface area contributed by atoms with Crippen LogP contribution >= 0.6 is 0 Å². The van der Waals surface area contributed by atoms with Gasteiger partial charge in [0.25, 0.3) is 17.7 Å². The molecule has 1 aliphatic carbocycles. The van der Waals surface area contributed by atoms with Crippen molar-refractivity contribution in [1.82, 2.24) is 20.1 Å². The molecule has 9 nitrogen and oxygen atoms in total. The zero-order chi connectivity index (χ0) is 33.7. The molecule has 0 radical (unpaired) electrons. The fraction of sp³-hybridized carbons (Fsp3) is 0.500. The molecule has 0 spiro atoms. The quantitative estimate of drug-likeness (QED) is 0.299. The third-order valence-electron chi connectivity index (χ3n) is 8.01. The molecule has 3 aromatic rings. The summed E-state index contributed by atoms with van der Waals surface area (Å²) in [5.74, 6) is -3.33. The van der Waals surface area contributed by atoms with Gasteiger partial charge in [0.15, 0.2) is 5.69 Å². The number of hydrogen-bond donors (Lipinski definition) is 2. The third-order valence-corrected chi connectivity index (χ3v) is 8.01. The van der Waals surface area contributed by atoms with Gasteiger partial charge in [0.1, 0.15) is 23.5 Å². The van der Waals surface area contributed by atoms with E-state index < -0.39 is 82.9 Å². The molecule has 46 heavy (non-hydrogen) atoms. The largest absolute Gasteiger partial charge is 0.493 e. The average Bonchev–Trinajstić information content (AvgIpc) is 3.62. The maximum atomic E-state index is 14.1. The predicted octanol–water partition coefficient (Wildman–Crippen LogP) is 6.42. The molecule has 0 saturated heterocycles. The van der Waals surface area contributed by atoms with E-state index in [9.17, 15) is 49.4 Å². The molecule has 2 aliphatic rings. The Bertz CT molecular complexity index is 1600. The highest BCUT2D eigenvalue weighted by Crippen LogP contribution is 2.57. The number of nitrogen functional groups attached to an aromatic ring is 1. The average molecular weight is 668 g/mol. The standard InChI is InChI=1S/C28H26F9N5O4/c29-26(30,31)17-12-18(38)20-21-40-41-23(46-21)25(44,28(35,36)37)7-2-1-3-10-42(22(43)19(17)39-20)13-15-5-4-6-16(11-15)45-14-24(8-9-24)27(32,33)34/h4-6,11-12,44H,1-3,7-10,13-14,38H2. The second-order valence-electron chi connectivity index (χ2n) is 11.3. The Hall–Kier alpha value is -4.09. The van der Waals surface area contributed by atoms with E-state index in [0.29, 0.717) is 6.07 Å². The number of alkyl halides is 9. The smallest absolute Gasteiger partial charge is 0.426 e. The highest BCUT2D eigenvalue weighted by Gasteiger charge is 2.64. The van der Waals surface area contributed by atoms with Crippen molar-refractivity contribution in [1.29, 1.82) is 0 Å². The number of pyridine rings is 1. The number of hydrogen-bond acceptors (Lipinski definition) is 8. The first kappa shape index (κ1) is 33.3. The maximum absolute atomic E-state index is 14.1. The van der Waals surface area contributed by atoms with Gasteiger partial charge in [-0.3, -0.25) is 4.79 Å². The van der Waals surface area contributed by atoms with Crippen LogP contribution in [-0.2, 0) is 18.3 Å². The van der Waals surface area contributed by atoms with Crippen molar-refractivity contribution >= 4 is 11.6 Å². The molecule has 1 amide bonds. The van der Waals surface area contributed by atoms with Crippen molar-refractivity contribution in [3.05, 3.63) is 53.0 Å². The van der Waals surface area contributed by atoms with Gasteiger partial charge in [0.05, 0.1) is 11.3 Å². The summed E-state index contributed by atoms with van der Waals surface area (Å²) in [6, 6.07) is 5.98. The molecule has 18 heteroatoms. The lowest BCUT2D eigenvalue weighted by Gasteiger charge is -2.28. The number of benzene rings is 1. The third kappa shape index (κ3) is 6.43. The van der Waals surface area contributed by atoms with Gasteiger partial charge >= 0.3 is 18.5 Å². The molecule has 1 aliphatic heterocycles. The van der Waals surface area contributed by atoms with Crippen LogP contribution < -0.4 is 10.5 Å². The number of anilines is 1. The highest BCUT2D eigenvalue weighted by molar-refractivity contribution is 5.95. The molecule has 1 atom stereocenters. The number of nitrogens with two attached hydrogens (primary N) is 1. The Labute approximate surface area is 254 Å². The summed E-state index contributed by atoms with van der Waals surface area (Å²) in [6.07, 6.45) is -16.3. The van der Waals surface area contributed by atoms with Crippen LogP contribution in [0, 0.1) is 5.41 Å². The number of rotatable bonds is 5. The molecular weight excluding hydrogens is 641 g/mol. The lowest BCUT2D eigenvalue weighted by atomic mass is 9.95. The first-order chi connectivity index (χ1) is 21.3. The summed E-state index contributed by atoms with van der Waals surface area (Å²) >= 11 is 0. The number of ether oxygens (including phenoxy) is 1. The van der Waals surface area contributed by atoms with Crippen molar-refractivity contribution in [2.75, 3.05) is 18.9 Å². The molecule has 250 valence electrons. The van der Waals surface area contributed by atoms with Gasteiger partial charge in [-0.1, -0.05) is 18.6 Å². The van der Waals surface area contributed by atoms with Gasteiger partial charge in [-0.2, -0.15) is 39.5 Å². The number of carbonyl (C=O) groups excluding carboxylic acids is 1. The topological polar surface area (TPSA) is 128 Å². The molecule has 3 N–H and O–H groups in total. The predicted molar refractivity (Wildman–Crippen MR) is 140 cm³/mol. The highest BCUT2D eigenvalue weighted by atomic mass is 19.4. The molecule has 5 rings (SSSR count). The summed E-state index contributed by atoms with van der Waals surface area (Å²) in [5, 5.41) is 17.2. The Morgan fingerprint density at radius 2 is 1.65 bits per heavy atom. The number of carbonyl (C=O) groups is 1. The van der Waals surface area contributed by atoms with Crippen LogP contribution in [0.1, 0.15) is 66.0 Å². The molecule has 2 aromatic heterocycles. The minimum Gasteiger partial charge on any atom is -0.493 e. The van der Waals surface area contributed by atoms with Crippen molar-refractivity contribution in [3.8, 4) is 17.3 Å². The second-order valence-corrected chi connectivity index (χ2v) is 11.3. The Balaban J connectivity index is 1.51. The van der Waals surface area contributed by atoms with Crippen LogP contribution in [0.25, 0.3) is 11.6 Å². The normalized spacial score (nSPS) is 20.7. The zero-order valence-electron chi connectivity index (χ0n) is 23.7. The lowest BCUT2D eigenvalue weighted by molar-refractivity contribution is -0.277. The second kappa shape index (κ2) is 11.6. The van der Waals surface area contributed by atoms with Gasteiger partial charge in [0.2, 0.25) is 5.60 Å². The van der Waals surface area contributed by atoms with Gasteiger partial charge in [-0.15, -0.1) is 10.2 Å². The van der Waals surface area contributed by atoms with Crippen LogP contribution in [0.15, 0.2) is 34.7 Å². The number of amides is 1. The van der Waals surface area contributed by atoms with E-state index in [2.05, 4.69) is 15.2 Å². The number of halogens is 9. The Morgan fingerprint density at radius 1 is 0.935 bits per heavy atom. The van der Waals surface area contributed by atoms with E-state index in [1.165, 1.54) is 24.3 Å². The summed E-state index contributed by atoms with van der Waals surface area (Å²) in [4.78, 5) is 18.4. The van der Waals surface area contributed by atoms with Crippen LogP contribution in [0.2, 0.25) is 0 Å². The van der Waals surface area contributed by atoms with Crippen LogP contribution in [0.4, 0.5) is 45.2 Å². The van der Waals surface area contributed by atoms with Crippen LogP contribution in [0.5, 0.6) is 5.75 Å². The minimum absolute atomic E-state index is 0.0117. The zero-order valence-corrected chi connectivity index (χ0v) is 23.7. The molecular formula is C28H26F9N5O4. The molecule has 1 unspecified atom stereocenters. The van der Waals surface area contributed by atoms with Crippen LogP contribution in [0.3, 0.4) is 0 Å². The van der Waals surface area contributed by atoms with Crippen molar-refractivity contribution in [2.24, 2.45) is 5.41 Å². The van der Waals surface area contributed by atoms with Crippen molar-refractivity contribution in [2.45, 2.75) is 69.2 Å². The molecule has 1 fully saturated rings. The van der Waals surface area contributed by atoms with E-state index in [-0.39, 0.29) is 56.5 Å². The summed E-state index contributed by atoms with van der Waals surface area (Å²) in [7, 11) is 0. The van der Waals surface area contributed by atoms with Crippen molar-refractivity contribution < 1.29 is 58.6 Å². The fourth-order valence-electron chi connectivity index (χ4n) is 5.03. The van der Waals surface area contributed by atoms with Gasteiger partial charge < -0.3 is 24.9 Å². The molecule has 1 aromatic carbocycles. The monoisotopic (exact) mass is 667 g/mol. The fourth-order valence-corrected chi connectivity index (χ4v) is 5.03. The van der Waals surface area contributed by atoms with E-state index in [1.54, 1.807) is 0 Å². The molecule has 1 saturated carbocycles. The minimum atomic E-state index is -5.27. The summed E-state index contributed by atoms with van der Waals surface area (Å²) in [6.45, 7) is -1.27. The first-order valence-electron chi connectivity index (χ1n) is 13.9. The number of aromatic nitrogens is 3. The summed E-state index contributed by atoms with van der Waals surface area (Å²) < 4.78 is 135. The molecule has 4 bridgehead atoms. The first-order valence-corrected chi connectivity index (χ1v) is 13.9. The number of nitrogens with zero attached hydrogens (tertiary/aromatic N) is 4. The Morgan fingerprint density at radius 3 is 2.28 bits per heavy atom. The number of aliphatic hydroxyl groups is 1. The Kier molecular flexibility index (Phi) is 8.40. The van der Waals surface area contributed by atoms with E-state index >= 15 is 0 Å². The lowest BCUT2D eigenvalue weighted by Crippen LogP contribution is -2.42.